The smallest absolute Gasteiger partial charge is 0.239 e. The summed E-state index contributed by atoms with van der Waals surface area (Å²) in [6, 6.07) is 7.19. The van der Waals surface area contributed by atoms with Gasteiger partial charge in [-0.1, -0.05) is 49.6 Å². The molecular formula is C15H23ClN2O. The lowest BCUT2D eigenvalue weighted by molar-refractivity contribution is -0.133. The quantitative estimate of drug-likeness (QED) is 0.835. The molecule has 0 bridgehead atoms. The van der Waals surface area contributed by atoms with Gasteiger partial charge in [0, 0.05) is 18.1 Å². The molecule has 0 saturated carbocycles. The van der Waals surface area contributed by atoms with E-state index in [4.69, 9.17) is 17.3 Å². The van der Waals surface area contributed by atoms with Gasteiger partial charge in [0.05, 0.1) is 6.04 Å². The molecule has 0 radical (unpaired) electrons. The minimum atomic E-state index is -0.401. The van der Waals surface area contributed by atoms with Crippen LogP contribution >= 0.6 is 11.6 Å². The van der Waals surface area contributed by atoms with Crippen molar-refractivity contribution in [2.45, 2.75) is 45.7 Å². The van der Waals surface area contributed by atoms with Gasteiger partial charge in [-0.2, -0.15) is 0 Å². The first-order valence-corrected chi connectivity index (χ1v) is 7.25. The van der Waals surface area contributed by atoms with E-state index in [0.717, 1.165) is 24.8 Å². The van der Waals surface area contributed by atoms with Crippen molar-refractivity contribution in [3.8, 4) is 0 Å². The lowest BCUT2D eigenvalue weighted by atomic mass is 10.1. The summed E-state index contributed by atoms with van der Waals surface area (Å²) in [5, 5.41) is 0.691. The number of halogens is 1. The summed E-state index contributed by atoms with van der Waals surface area (Å²) in [5.41, 5.74) is 6.91. The molecule has 4 heteroatoms. The van der Waals surface area contributed by atoms with Crippen molar-refractivity contribution in [1.82, 2.24) is 4.90 Å². The Morgan fingerprint density at radius 2 is 2.05 bits per heavy atom. The molecule has 0 aliphatic rings. The van der Waals surface area contributed by atoms with E-state index in [9.17, 15) is 4.79 Å². The lowest BCUT2D eigenvalue weighted by Gasteiger charge is -2.24. The van der Waals surface area contributed by atoms with E-state index in [-0.39, 0.29) is 5.91 Å². The zero-order chi connectivity index (χ0) is 14.3. The van der Waals surface area contributed by atoms with Crippen LogP contribution in [0.15, 0.2) is 24.3 Å². The van der Waals surface area contributed by atoms with E-state index in [0.29, 0.717) is 18.1 Å². The number of carbonyl (C=O) groups is 1. The summed E-state index contributed by atoms with van der Waals surface area (Å²) >= 11 is 6.12. The predicted octanol–water partition coefficient (Wildman–Crippen LogP) is 3.21. The monoisotopic (exact) mass is 282 g/mol. The maximum absolute atomic E-state index is 12.3. The maximum Gasteiger partial charge on any atom is 0.239 e. The molecule has 3 nitrogen and oxygen atoms in total. The molecule has 19 heavy (non-hydrogen) atoms. The van der Waals surface area contributed by atoms with Crippen LogP contribution in [0.1, 0.15) is 38.7 Å². The minimum Gasteiger partial charge on any atom is -0.337 e. The number of hydrogen-bond donors (Lipinski definition) is 1. The van der Waals surface area contributed by atoms with Crippen molar-refractivity contribution in [2.24, 2.45) is 5.73 Å². The minimum absolute atomic E-state index is 0.0101. The summed E-state index contributed by atoms with van der Waals surface area (Å²) in [6.45, 7) is 5.22. The van der Waals surface area contributed by atoms with Gasteiger partial charge < -0.3 is 10.6 Å². The number of nitrogens with zero attached hydrogens (tertiary/aromatic N) is 1. The van der Waals surface area contributed by atoms with Crippen molar-refractivity contribution < 1.29 is 4.79 Å². The molecule has 0 unspecified atom stereocenters. The van der Waals surface area contributed by atoms with Gasteiger partial charge in [-0.15, -0.1) is 0 Å². The molecule has 1 aromatic carbocycles. The van der Waals surface area contributed by atoms with E-state index >= 15 is 0 Å². The normalized spacial score (nSPS) is 12.2. The first-order valence-electron chi connectivity index (χ1n) is 6.87. The lowest BCUT2D eigenvalue weighted by Crippen LogP contribution is -2.43. The van der Waals surface area contributed by atoms with Crippen molar-refractivity contribution in [3.63, 3.8) is 0 Å². The third-order valence-corrected chi connectivity index (χ3v) is 3.57. The second kappa shape index (κ2) is 8.18. The Kier molecular flexibility index (Phi) is 6.89. The molecule has 106 valence electrons. The summed E-state index contributed by atoms with van der Waals surface area (Å²) in [7, 11) is 0. The Morgan fingerprint density at radius 1 is 1.37 bits per heavy atom. The van der Waals surface area contributed by atoms with E-state index in [2.05, 4.69) is 6.92 Å². The van der Waals surface area contributed by atoms with Crippen LogP contribution in [0.4, 0.5) is 0 Å². The molecule has 1 rings (SSSR count). The highest BCUT2D eigenvalue weighted by Crippen LogP contribution is 2.17. The molecule has 0 aromatic heterocycles. The van der Waals surface area contributed by atoms with Crippen LogP contribution in [0.25, 0.3) is 0 Å². The molecule has 0 saturated heterocycles. The second-order valence-electron chi connectivity index (χ2n) is 4.69. The zero-order valence-electron chi connectivity index (χ0n) is 11.7. The number of hydrogen-bond acceptors (Lipinski definition) is 2. The fourth-order valence-corrected chi connectivity index (χ4v) is 2.16. The molecule has 0 aliphatic heterocycles. The summed E-state index contributed by atoms with van der Waals surface area (Å²) in [5.74, 6) is 0.0101. The molecule has 0 fully saturated rings. The number of carbonyl (C=O) groups excluding carboxylic acids is 1. The maximum atomic E-state index is 12.3. The van der Waals surface area contributed by atoms with Gasteiger partial charge in [-0.25, -0.2) is 0 Å². The van der Waals surface area contributed by atoms with E-state index in [1.54, 1.807) is 4.90 Å². The number of unbranched alkanes of at least 4 members (excludes halogenated alkanes) is 1. The Bertz CT molecular complexity index is 409. The molecule has 1 atom stereocenters. The fraction of sp³-hybridized carbons (Fsp3) is 0.533. The highest BCUT2D eigenvalue weighted by atomic mass is 35.5. The summed E-state index contributed by atoms with van der Waals surface area (Å²) in [6.07, 6.45) is 2.78. The molecule has 0 aliphatic carbocycles. The third-order valence-electron chi connectivity index (χ3n) is 3.20. The average molecular weight is 283 g/mol. The SMILES string of the molecule is CCCC[C@H](N)C(=O)N(CC)Cc1ccccc1Cl. The zero-order valence-corrected chi connectivity index (χ0v) is 12.5. The van der Waals surface area contributed by atoms with Crippen LogP contribution in [-0.2, 0) is 11.3 Å². The van der Waals surface area contributed by atoms with Gasteiger partial charge in [-0.3, -0.25) is 4.79 Å². The molecule has 0 heterocycles. The van der Waals surface area contributed by atoms with Crippen LogP contribution in [0.2, 0.25) is 5.02 Å². The van der Waals surface area contributed by atoms with Gasteiger partial charge in [0.15, 0.2) is 0 Å². The van der Waals surface area contributed by atoms with Gasteiger partial charge >= 0.3 is 0 Å². The van der Waals surface area contributed by atoms with Crippen molar-refractivity contribution in [2.75, 3.05) is 6.54 Å². The summed E-state index contributed by atoms with van der Waals surface area (Å²) in [4.78, 5) is 14.0. The largest absolute Gasteiger partial charge is 0.337 e. The number of likely N-dealkylation sites (N-methyl/N-ethyl adjacent to an activating group) is 1. The van der Waals surface area contributed by atoms with E-state index in [1.165, 1.54) is 0 Å². The molecule has 0 spiro atoms. The highest BCUT2D eigenvalue weighted by Gasteiger charge is 2.20. The molecule has 1 aromatic rings. The first kappa shape index (κ1) is 16.0. The summed E-state index contributed by atoms with van der Waals surface area (Å²) < 4.78 is 0. The number of rotatable bonds is 7. The van der Waals surface area contributed by atoms with Gasteiger partial charge in [0.2, 0.25) is 5.91 Å². The highest BCUT2D eigenvalue weighted by molar-refractivity contribution is 6.31. The van der Waals surface area contributed by atoms with Crippen molar-refractivity contribution >= 4 is 17.5 Å². The number of amides is 1. The van der Waals surface area contributed by atoms with Gasteiger partial charge in [0.1, 0.15) is 0 Å². The van der Waals surface area contributed by atoms with Crippen LogP contribution in [0, 0.1) is 0 Å². The van der Waals surface area contributed by atoms with Crippen molar-refractivity contribution in [3.05, 3.63) is 34.9 Å². The number of benzene rings is 1. The van der Waals surface area contributed by atoms with Gasteiger partial charge in [-0.05, 0) is 25.0 Å². The van der Waals surface area contributed by atoms with Crippen LogP contribution in [0.5, 0.6) is 0 Å². The van der Waals surface area contributed by atoms with Crippen molar-refractivity contribution in [1.29, 1.82) is 0 Å². The Morgan fingerprint density at radius 3 is 2.63 bits per heavy atom. The topological polar surface area (TPSA) is 46.3 Å². The Labute approximate surface area is 120 Å². The Hall–Kier alpha value is -1.06. The van der Waals surface area contributed by atoms with E-state index < -0.39 is 6.04 Å². The van der Waals surface area contributed by atoms with Crippen LogP contribution < -0.4 is 5.73 Å². The average Bonchev–Trinajstić information content (AvgIpc) is 2.43. The molecular weight excluding hydrogens is 260 g/mol. The van der Waals surface area contributed by atoms with E-state index in [1.807, 2.05) is 31.2 Å². The third kappa shape index (κ3) is 4.84. The standard InChI is InChI=1S/C15H23ClN2O/c1-3-5-10-14(17)15(19)18(4-2)11-12-8-6-7-9-13(12)16/h6-9,14H,3-5,10-11,17H2,1-2H3/t14-/m0/s1. The molecule has 1 amide bonds. The van der Waals surface area contributed by atoms with Crippen LogP contribution in [0.3, 0.4) is 0 Å². The van der Waals surface area contributed by atoms with Gasteiger partial charge in [0.25, 0.3) is 0 Å². The first-order chi connectivity index (χ1) is 9.10. The second-order valence-corrected chi connectivity index (χ2v) is 5.10. The predicted molar refractivity (Wildman–Crippen MR) is 80.0 cm³/mol. The Balaban J connectivity index is 2.67. The fourth-order valence-electron chi connectivity index (χ4n) is 1.96. The number of nitrogens with two attached hydrogens (primary N) is 1. The van der Waals surface area contributed by atoms with Crippen LogP contribution in [-0.4, -0.2) is 23.4 Å². The molecule has 2 N–H and O–H groups in total.